The van der Waals surface area contributed by atoms with Gasteiger partial charge in [0.15, 0.2) is 5.65 Å². The molecule has 1 amide bonds. The highest BCUT2D eigenvalue weighted by molar-refractivity contribution is 9.10. The molecular formula is C16H17BrN4OS. The lowest BCUT2D eigenvalue weighted by Crippen LogP contribution is -2.26. The zero-order valence-electron chi connectivity index (χ0n) is 13.4. The number of thiophene rings is 1. The third-order valence-corrected chi connectivity index (χ3v) is 5.37. The highest BCUT2D eigenvalue weighted by Crippen LogP contribution is 2.25. The van der Waals surface area contributed by atoms with Crippen molar-refractivity contribution in [1.82, 2.24) is 19.7 Å². The van der Waals surface area contributed by atoms with Crippen LogP contribution in [-0.2, 0) is 13.6 Å². The fourth-order valence-electron chi connectivity index (χ4n) is 2.69. The topological polar surface area (TPSA) is 51.0 Å². The van der Waals surface area contributed by atoms with Crippen LogP contribution in [-0.4, -0.2) is 32.6 Å². The number of nitrogens with zero attached hydrogens (tertiary/aromatic N) is 4. The molecule has 0 aliphatic carbocycles. The summed E-state index contributed by atoms with van der Waals surface area (Å²) in [5, 5.41) is 7.26. The van der Waals surface area contributed by atoms with Gasteiger partial charge in [0.1, 0.15) is 0 Å². The van der Waals surface area contributed by atoms with Crippen LogP contribution in [0.25, 0.3) is 11.0 Å². The van der Waals surface area contributed by atoms with Gasteiger partial charge in [-0.25, -0.2) is 4.98 Å². The monoisotopic (exact) mass is 392 g/mol. The first-order valence-electron chi connectivity index (χ1n) is 7.16. The van der Waals surface area contributed by atoms with Gasteiger partial charge in [-0.3, -0.25) is 9.48 Å². The minimum Gasteiger partial charge on any atom is -0.337 e. The molecular weight excluding hydrogens is 376 g/mol. The number of carbonyl (C=O) groups excluding carboxylic acids is 1. The van der Waals surface area contributed by atoms with E-state index in [1.54, 1.807) is 20.9 Å². The summed E-state index contributed by atoms with van der Waals surface area (Å²) in [6.45, 7) is 4.39. The second-order valence-electron chi connectivity index (χ2n) is 5.61. The average molecular weight is 393 g/mol. The molecule has 0 bridgehead atoms. The predicted molar refractivity (Wildman–Crippen MR) is 95.8 cm³/mol. The average Bonchev–Trinajstić information content (AvgIpc) is 3.01. The summed E-state index contributed by atoms with van der Waals surface area (Å²) in [5.41, 5.74) is 3.05. The van der Waals surface area contributed by atoms with Gasteiger partial charge in [-0.1, -0.05) is 0 Å². The fourth-order valence-corrected chi connectivity index (χ4v) is 4.19. The maximum atomic E-state index is 12.9. The Balaban J connectivity index is 2.00. The van der Waals surface area contributed by atoms with Crippen molar-refractivity contribution in [2.75, 3.05) is 7.05 Å². The van der Waals surface area contributed by atoms with E-state index in [4.69, 9.17) is 0 Å². The van der Waals surface area contributed by atoms with Crippen LogP contribution in [0.1, 0.15) is 26.6 Å². The molecule has 0 unspecified atom stereocenters. The van der Waals surface area contributed by atoms with Gasteiger partial charge in [-0.15, -0.1) is 11.3 Å². The first kappa shape index (κ1) is 16.1. The van der Waals surface area contributed by atoms with E-state index in [9.17, 15) is 4.79 Å². The summed E-state index contributed by atoms with van der Waals surface area (Å²) < 4.78 is 2.77. The number of hydrogen-bond acceptors (Lipinski definition) is 4. The Labute approximate surface area is 147 Å². The summed E-state index contributed by atoms with van der Waals surface area (Å²) >= 11 is 5.08. The van der Waals surface area contributed by atoms with Gasteiger partial charge < -0.3 is 4.90 Å². The number of aromatic nitrogens is 3. The third kappa shape index (κ3) is 3.03. The Hall–Kier alpha value is -1.73. The van der Waals surface area contributed by atoms with Crippen molar-refractivity contribution >= 4 is 44.2 Å². The van der Waals surface area contributed by atoms with Crippen LogP contribution in [0.15, 0.2) is 22.0 Å². The molecule has 3 aromatic rings. The van der Waals surface area contributed by atoms with Gasteiger partial charge in [0, 0.05) is 34.5 Å². The van der Waals surface area contributed by atoms with Crippen molar-refractivity contribution in [2.45, 2.75) is 20.4 Å². The van der Waals surface area contributed by atoms with Gasteiger partial charge in [0.25, 0.3) is 5.91 Å². The summed E-state index contributed by atoms with van der Waals surface area (Å²) in [6.07, 6.45) is 0. The second-order valence-corrected chi connectivity index (χ2v) is 7.52. The van der Waals surface area contributed by atoms with E-state index < -0.39 is 0 Å². The highest BCUT2D eigenvalue weighted by Gasteiger charge is 2.20. The van der Waals surface area contributed by atoms with Crippen LogP contribution in [0.5, 0.6) is 0 Å². The lowest BCUT2D eigenvalue weighted by atomic mass is 10.1. The normalized spacial score (nSPS) is 11.2. The summed E-state index contributed by atoms with van der Waals surface area (Å²) in [5.74, 6) is -0.0128. The number of aryl methyl sites for hydroxylation is 3. The minimum atomic E-state index is -0.0128. The Kier molecular flexibility index (Phi) is 4.25. The first-order chi connectivity index (χ1) is 10.9. The van der Waals surface area contributed by atoms with E-state index in [-0.39, 0.29) is 5.91 Å². The van der Waals surface area contributed by atoms with Crippen LogP contribution in [0.4, 0.5) is 0 Å². The molecule has 0 saturated heterocycles. The van der Waals surface area contributed by atoms with E-state index in [0.717, 1.165) is 31.8 Å². The fraction of sp³-hybridized carbons (Fsp3) is 0.312. The Bertz CT molecular complexity index is 899. The van der Waals surface area contributed by atoms with Crippen molar-refractivity contribution in [3.8, 4) is 0 Å². The smallest absolute Gasteiger partial charge is 0.254 e. The molecule has 0 fully saturated rings. The summed E-state index contributed by atoms with van der Waals surface area (Å²) in [6, 6.07) is 3.89. The zero-order chi connectivity index (χ0) is 16.7. The van der Waals surface area contributed by atoms with Crippen LogP contribution < -0.4 is 0 Å². The van der Waals surface area contributed by atoms with Gasteiger partial charge in [-0.05, 0) is 41.9 Å². The van der Waals surface area contributed by atoms with Gasteiger partial charge in [0.2, 0.25) is 0 Å². The van der Waals surface area contributed by atoms with Gasteiger partial charge in [-0.2, -0.15) is 5.10 Å². The number of fused-ring (bicyclic) bond motifs is 1. The SMILES string of the molecule is Cc1cc(C(=O)N(C)Cc2cc(Br)cs2)c2c(C)nn(C)c2n1. The number of carbonyl (C=O) groups is 1. The first-order valence-corrected chi connectivity index (χ1v) is 8.83. The second kappa shape index (κ2) is 6.05. The molecule has 3 aromatic heterocycles. The van der Waals surface area contributed by atoms with Crippen molar-refractivity contribution in [3.05, 3.63) is 43.8 Å². The Morgan fingerprint density at radius 3 is 2.78 bits per heavy atom. The molecule has 0 aromatic carbocycles. The van der Waals surface area contributed by atoms with Crippen LogP contribution in [0.2, 0.25) is 0 Å². The van der Waals surface area contributed by atoms with Crippen LogP contribution >= 0.6 is 27.3 Å². The van der Waals surface area contributed by atoms with E-state index >= 15 is 0 Å². The summed E-state index contributed by atoms with van der Waals surface area (Å²) in [4.78, 5) is 20.3. The predicted octanol–water partition coefficient (Wildman–Crippen LogP) is 3.68. The van der Waals surface area contributed by atoms with Crippen molar-refractivity contribution in [1.29, 1.82) is 0 Å². The van der Waals surface area contributed by atoms with Gasteiger partial charge in [0.05, 0.1) is 23.2 Å². The van der Waals surface area contributed by atoms with Crippen molar-refractivity contribution in [2.24, 2.45) is 7.05 Å². The van der Waals surface area contributed by atoms with E-state index in [2.05, 4.69) is 26.0 Å². The Morgan fingerprint density at radius 2 is 2.13 bits per heavy atom. The standard InChI is InChI=1S/C16H17BrN4OS/c1-9-5-13(14-10(2)19-21(4)15(14)18-9)16(22)20(3)7-12-6-11(17)8-23-12/h5-6,8H,7H2,1-4H3. The maximum absolute atomic E-state index is 12.9. The number of rotatable bonds is 3. The molecule has 23 heavy (non-hydrogen) atoms. The molecule has 3 rings (SSSR count). The molecule has 7 heteroatoms. The molecule has 0 atom stereocenters. The van der Waals surface area contributed by atoms with E-state index in [1.807, 2.05) is 45.5 Å². The molecule has 120 valence electrons. The molecule has 0 radical (unpaired) electrons. The molecule has 5 nitrogen and oxygen atoms in total. The van der Waals surface area contributed by atoms with Crippen molar-refractivity contribution in [3.63, 3.8) is 0 Å². The minimum absolute atomic E-state index is 0.0128. The van der Waals surface area contributed by atoms with Crippen LogP contribution in [0.3, 0.4) is 0 Å². The quantitative estimate of drug-likeness (QED) is 0.682. The number of halogens is 1. The van der Waals surface area contributed by atoms with E-state index in [1.165, 1.54) is 0 Å². The Morgan fingerprint density at radius 1 is 1.39 bits per heavy atom. The number of amides is 1. The molecule has 3 heterocycles. The molecule has 0 saturated carbocycles. The zero-order valence-corrected chi connectivity index (χ0v) is 15.8. The lowest BCUT2D eigenvalue weighted by Gasteiger charge is -2.17. The summed E-state index contributed by atoms with van der Waals surface area (Å²) in [7, 11) is 3.67. The maximum Gasteiger partial charge on any atom is 0.254 e. The van der Waals surface area contributed by atoms with Gasteiger partial charge >= 0.3 is 0 Å². The molecule has 0 spiro atoms. The van der Waals surface area contributed by atoms with Crippen LogP contribution in [0, 0.1) is 13.8 Å². The largest absolute Gasteiger partial charge is 0.337 e. The van der Waals surface area contributed by atoms with E-state index in [0.29, 0.717) is 12.1 Å². The number of pyridine rings is 1. The van der Waals surface area contributed by atoms with Crippen molar-refractivity contribution < 1.29 is 4.79 Å². The third-order valence-electron chi connectivity index (χ3n) is 3.69. The molecule has 0 N–H and O–H groups in total. The number of hydrogen-bond donors (Lipinski definition) is 0. The molecule has 0 aliphatic heterocycles. The highest BCUT2D eigenvalue weighted by atomic mass is 79.9. The molecule has 0 aliphatic rings. The lowest BCUT2D eigenvalue weighted by molar-refractivity contribution is 0.0788.